The molecular formula is C14H23NO2. The molecule has 0 aliphatic heterocycles. The van der Waals surface area contributed by atoms with Crippen molar-refractivity contribution < 1.29 is 9.84 Å². The van der Waals surface area contributed by atoms with Crippen LogP contribution in [-0.4, -0.2) is 38.0 Å². The summed E-state index contributed by atoms with van der Waals surface area (Å²) < 4.78 is 4.93. The first-order valence-electron chi connectivity index (χ1n) is 6.16. The minimum Gasteiger partial charge on any atom is -0.392 e. The summed E-state index contributed by atoms with van der Waals surface area (Å²) in [5.41, 5.74) is 1.28. The van der Waals surface area contributed by atoms with Crippen LogP contribution in [0.2, 0.25) is 0 Å². The van der Waals surface area contributed by atoms with E-state index >= 15 is 0 Å². The van der Waals surface area contributed by atoms with Gasteiger partial charge in [-0.15, -0.1) is 0 Å². The van der Waals surface area contributed by atoms with E-state index in [-0.39, 0.29) is 6.10 Å². The molecular weight excluding hydrogens is 214 g/mol. The van der Waals surface area contributed by atoms with E-state index in [0.717, 1.165) is 13.0 Å². The molecule has 2 atom stereocenters. The van der Waals surface area contributed by atoms with Crippen molar-refractivity contribution in [3.63, 3.8) is 0 Å². The lowest BCUT2D eigenvalue weighted by molar-refractivity contribution is 0.146. The van der Waals surface area contributed by atoms with Crippen LogP contribution < -0.4 is 5.32 Å². The van der Waals surface area contributed by atoms with E-state index in [2.05, 4.69) is 24.4 Å². The van der Waals surface area contributed by atoms with E-state index in [1.807, 2.05) is 18.2 Å². The van der Waals surface area contributed by atoms with Crippen LogP contribution in [0.15, 0.2) is 30.3 Å². The van der Waals surface area contributed by atoms with Crippen molar-refractivity contribution in [2.75, 3.05) is 26.8 Å². The van der Waals surface area contributed by atoms with Gasteiger partial charge in [-0.2, -0.15) is 0 Å². The minimum atomic E-state index is -0.304. The lowest BCUT2D eigenvalue weighted by atomic mass is 9.95. The van der Waals surface area contributed by atoms with E-state index in [1.165, 1.54) is 5.56 Å². The summed E-state index contributed by atoms with van der Waals surface area (Å²) in [7, 11) is 1.68. The number of hydrogen-bond donors (Lipinski definition) is 2. The smallest absolute Gasteiger partial charge is 0.0670 e. The average Bonchev–Trinajstić information content (AvgIpc) is 2.36. The van der Waals surface area contributed by atoms with Crippen molar-refractivity contribution in [1.82, 2.24) is 5.32 Å². The van der Waals surface area contributed by atoms with Gasteiger partial charge in [-0.05, 0) is 17.9 Å². The molecule has 3 nitrogen and oxygen atoms in total. The molecule has 0 aliphatic rings. The third kappa shape index (κ3) is 5.82. The quantitative estimate of drug-likeness (QED) is 0.677. The van der Waals surface area contributed by atoms with Crippen molar-refractivity contribution in [2.45, 2.75) is 25.4 Å². The zero-order valence-electron chi connectivity index (χ0n) is 10.7. The lowest BCUT2D eigenvalue weighted by Crippen LogP contribution is -2.30. The van der Waals surface area contributed by atoms with E-state index in [0.29, 0.717) is 19.1 Å². The van der Waals surface area contributed by atoms with Gasteiger partial charge in [0.05, 0.1) is 12.7 Å². The number of rotatable bonds is 8. The molecule has 17 heavy (non-hydrogen) atoms. The van der Waals surface area contributed by atoms with Crippen LogP contribution in [0.4, 0.5) is 0 Å². The summed E-state index contributed by atoms with van der Waals surface area (Å²) in [6.07, 6.45) is 0.478. The molecule has 0 bridgehead atoms. The van der Waals surface area contributed by atoms with Crippen molar-refractivity contribution in [3.05, 3.63) is 35.9 Å². The lowest BCUT2D eigenvalue weighted by Gasteiger charge is -2.17. The first kappa shape index (κ1) is 14.2. The molecule has 0 aliphatic carbocycles. The Morgan fingerprint density at radius 2 is 2.00 bits per heavy atom. The molecule has 0 saturated carbocycles. The molecule has 0 aromatic heterocycles. The molecule has 0 spiro atoms. The predicted molar refractivity (Wildman–Crippen MR) is 70.2 cm³/mol. The topological polar surface area (TPSA) is 41.5 Å². The number of nitrogens with one attached hydrogen (secondary N) is 1. The van der Waals surface area contributed by atoms with Gasteiger partial charge in [0.15, 0.2) is 0 Å². The third-order valence-electron chi connectivity index (χ3n) is 2.86. The van der Waals surface area contributed by atoms with Crippen LogP contribution in [0, 0.1) is 0 Å². The first-order valence-corrected chi connectivity index (χ1v) is 6.16. The van der Waals surface area contributed by atoms with Crippen molar-refractivity contribution in [2.24, 2.45) is 0 Å². The fourth-order valence-electron chi connectivity index (χ4n) is 1.85. The number of aliphatic hydroxyl groups excluding tert-OH is 1. The standard InChI is InChI=1S/C14H23NO2/c1-12(13-6-4-3-5-7-13)10-14(16)11-15-8-9-17-2/h3-7,12,14-16H,8-11H2,1-2H3. The van der Waals surface area contributed by atoms with E-state index in [4.69, 9.17) is 4.74 Å². The summed E-state index contributed by atoms with van der Waals surface area (Å²) in [6, 6.07) is 10.3. The van der Waals surface area contributed by atoms with Gasteiger partial charge in [0.2, 0.25) is 0 Å². The molecule has 0 radical (unpaired) electrons. The summed E-state index contributed by atoms with van der Waals surface area (Å²) >= 11 is 0. The number of hydrogen-bond acceptors (Lipinski definition) is 3. The van der Waals surface area contributed by atoms with E-state index in [1.54, 1.807) is 7.11 Å². The monoisotopic (exact) mass is 237 g/mol. The van der Waals surface area contributed by atoms with Gasteiger partial charge in [-0.1, -0.05) is 37.3 Å². The Labute approximate surface area is 104 Å². The molecule has 3 heteroatoms. The molecule has 0 fully saturated rings. The molecule has 1 aromatic rings. The average molecular weight is 237 g/mol. The summed E-state index contributed by atoms with van der Waals surface area (Å²) in [6.45, 7) is 4.24. The van der Waals surface area contributed by atoms with Gasteiger partial charge < -0.3 is 15.2 Å². The van der Waals surface area contributed by atoms with Gasteiger partial charge in [0, 0.05) is 20.2 Å². The molecule has 2 unspecified atom stereocenters. The molecule has 0 heterocycles. The normalized spacial score (nSPS) is 14.5. The number of ether oxygens (including phenoxy) is 1. The van der Waals surface area contributed by atoms with Crippen molar-refractivity contribution >= 4 is 0 Å². The molecule has 1 rings (SSSR count). The second kappa shape index (κ2) is 8.23. The van der Waals surface area contributed by atoms with Crippen molar-refractivity contribution in [3.8, 4) is 0 Å². The van der Waals surface area contributed by atoms with Crippen molar-refractivity contribution in [1.29, 1.82) is 0 Å². The highest BCUT2D eigenvalue weighted by atomic mass is 16.5. The maximum atomic E-state index is 9.88. The second-order valence-electron chi connectivity index (χ2n) is 4.40. The molecule has 1 aromatic carbocycles. The second-order valence-corrected chi connectivity index (χ2v) is 4.40. The van der Waals surface area contributed by atoms with Crippen LogP contribution >= 0.6 is 0 Å². The molecule has 0 saturated heterocycles. The van der Waals surface area contributed by atoms with Gasteiger partial charge in [-0.3, -0.25) is 0 Å². The maximum absolute atomic E-state index is 9.88. The van der Waals surface area contributed by atoms with Crippen LogP contribution in [0.3, 0.4) is 0 Å². The third-order valence-corrected chi connectivity index (χ3v) is 2.86. The molecule has 2 N–H and O–H groups in total. The first-order chi connectivity index (χ1) is 8.24. The molecule has 96 valence electrons. The fourth-order valence-corrected chi connectivity index (χ4v) is 1.85. The highest BCUT2D eigenvalue weighted by Gasteiger charge is 2.11. The Morgan fingerprint density at radius 3 is 2.65 bits per heavy atom. The van der Waals surface area contributed by atoms with Crippen LogP contribution in [-0.2, 0) is 4.74 Å². The zero-order chi connectivity index (χ0) is 12.5. The Morgan fingerprint density at radius 1 is 1.29 bits per heavy atom. The van der Waals surface area contributed by atoms with E-state index < -0.39 is 0 Å². The largest absolute Gasteiger partial charge is 0.392 e. The number of methoxy groups -OCH3 is 1. The maximum Gasteiger partial charge on any atom is 0.0670 e. The van der Waals surface area contributed by atoms with E-state index in [9.17, 15) is 5.11 Å². The number of benzene rings is 1. The van der Waals surface area contributed by atoms with Crippen LogP contribution in [0.1, 0.15) is 24.8 Å². The van der Waals surface area contributed by atoms with Crippen LogP contribution in [0.5, 0.6) is 0 Å². The summed E-state index contributed by atoms with van der Waals surface area (Å²) in [5, 5.41) is 13.0. The summed E-state index contributed by atoms with van der Waals surface area (Å²) in [5.74, 6) is 0.385. The Hall–Kier alpha value is -0.900. The van der Waals surface area contributed by atoms with Gasteiger partial charge in [-0.25, -0.2) is 0 Å². The van der Waals surface area contributed by atoms with Crippen LogP contribution in [0.25, 0.3) is 0 Å². The summed E-state index contributed by atoms with van der Waals surface area (Å²) in [4.78, 5) is 0. The van der Waals surface area contributed by atoms with Gasteiger partial charge >= 0.3 is 0 Å². The van der Waals surface area contributed by atoms with Gasteiger partial charge in [0.1, 0.15) is 0 Å². The Balaban J connectivity index is 2.24. The highest BCUT2D eigenvalue weighted by Crippen LogP contribution is 2.19. The minimum absolute atomic E-state index is 0.304. The fraction of sp³-hybridized carbons (Fsp3) is 0.571. The molecule has 0 amide bonds. The Bertz CT molecular complexity index is 290. The predicted octanol–water partition coefficient (Wildman–Crippen LogP) is 1.78. The number of aliphatic hydroxyl groups is 1. The zero-order valence-corrected chi connectivity index (χ0v) is 10.7. The Kier molecular flexibility index (Phi) is 6.86. The SMILES string of the molecule is COCCNCC(O)CC(C)c1ccccc1. The van der Waals surface area contributed by atoms with Gasteiger partial charge in [0.25, 0.3) is 0 Å². The highest BCUT2D eigenvalue weighted by molar-refractivity contribution is 5.18.